The zero-order valence-corrected chi connectivity index (χ0v) is 32.9. The summed E-state index contributed by atoms with van der Waals surface area (Å²) >= 11 is 0. The average Bonchev–Trinajstić information content (AvgIpc) is 3.23. The number of halogens is 2. The standard InChI is InChI=1S/C19H25FN6.C11H14FN.C9H15N5.C2H6/c20-15-3-1-5-17(11-15)26-8-2-4-16(13-26)24-18-12-19(23-14-22-18)25-9-6-21-7-10-25;12-10-5-4-6-11(9-10)13-7-2-1-3-8-13;1-13-2-4-14(5-3-13)9-6-8(10)11-7-12-9;1-2/h1,3,5,11-12,14,16,21H,2,4,6-10,13H2,(H,22,23,24);4-6,9H,1-3,7-8H2;6-7H,2-5H2,1H3,(H2,10,11,12);1-2H3. The van der Waals surface area contributed by atoms with Crippen LogP contribution in [0.2, 0.25) is 0 Å². The first-order chi connectivity index (χ1) is 26.9. The molecule has 0 saturated carbocycles. The molecule has 0 amide bonds. The summed E-state index contributed by atoms with van der Waals surface area (Å²) in [6.07, 6.45) is 9.08. The highest BCUT2D eigenvalue weighted by Gasteiger charge is 2.22. The van der Waals surface area contributed by atoms with Gasteiger partial charge in [0.15, 0.2) is 0 Å². The minimum Gasteiger partial charge on any atom is -0.384 e. The van der Waals surface area contributed by atoms with Crippen molar-refractivity contribution >= 4 is 34.6 Å². The number of nitrogens with one attached hydrogen (secondary N) is 2. The third kappa shape index (κ3) is 13.2. The Hall–Kier alpha value is -4.82. The molecule has 0 spiro atoms. The quantitative estimate of drug-likeness (QED) is 0.222. The van der Waals surface area contributed by atoms with Gasteiger partial charge in [0.05, 0.1) is 0 Å². The zero-order chi connectivity index (χ0) is 38.8. The number of likely N-dealkylation sites (N-methyl/N-ethyl adjacent to an activating group) is 1. The zero-order valence-electron chi connectivity index (χ0n) is 32.9. The first-order valence-electron chi connectivity index (χ1n) is 20.0. The number of piperidine rings is 2. The van der Waals surface area contributed by atoms with Gasteiger partial charge in [0.2, 0.25) is 0 Å². The molecule has 14 heteroatoms. The predicted molar refractivity (Wildman–Crippen MR) is 222 cm³/mol. The molecule has 0 aliphatic carbocycles. The van der Waals surface area contributed by atoms with E-state index in [-0.39, 0.29) is 17.7 Å². The maximum absolute atomic E-state index is 13.5. The first-order valence-corrected chi connectivity index (χ1v) is 20.0. The molecular formula is C41H60F2N12. The summed E-state index contributed by atoms with van der Waals surface area (Å²) in [6, 6.07) is 17.9. The fourth-order valence-corrected chi connectivity index (χ4v) is 7.10. The molecule has 6 heterocycles. The Morgan fingerprint density at radius 2 is 1.22 bits per heavy atom. The van der Waals surface area contributed by atoms with Crippen LogP contribution in [0, 0.1) is 11.6 Å². The molecule has 55 heavy (non-hydrogen) atoms. The van der Waals surface area contributed by atoms with Gasteiger partial charge in [-0.05, 0) is 75.5 Å². The molecule has 4 saturated heterocycles. The van der Waals surface area contributed by atoms with Gasteiger partial charge >= 0.3 is 0 Å². The SMILES string of the molecule is CC.CN1CCN(c2cc(N)ncn2)CC1.Fc1cccc(N2CCCC(Nc3cc(N4CCNCC4)ncn3)C2)c1.Fc1cccc(N2CCCCC2)c1. The lowest BCUT2D eigenvalue weighted by molar-refractivity contribution is 0.312. The molecule has 1 unspecified atom stereocenters. The number of rotatable bonds is 6. The van der Waals surface area contributed by atoms with Crippen molar-refractivity contribution in [3.05, 3.63) is 85.0 Å². The molecule has 4 aliphatic rings. The molecule has 0 radical (unpaired) electrons. The highest BCUT2D eigenvalue weighted by atomic mass is 19.1. The summed E-state index contributed by atoms with van der Waals surface area (Å²) in [5, 5.41) is 6.90. The molecule has 12 nitrogen and oxygen atoms in total. The van der Waals surface area contributed by atoms with E-state index in [9.17, 15) is 8.78 Å². The minimum absolute atomic E-state index is 0.136. The highest BCUT2D eigenvalue weighted by molar-refractivity contribution is 5.51. The molecule has 0 bridgehead atoms. The van der Waals surface area contributed by atoms with E-state index in [1.807, 2.05) is 38.1 Å². The second-order valence-electron chi connectivity index (χ2n) is 14.0. The Kier molecular flexibility index (Phi) is 16.5. The van der Waals surface area contributed by atoms with Crippen LogP contribution >= 0.6 is 0 Å². The van der Waals surface area contributed by atoms with E-state index in [1.54, 1.807) is 30.6 Å². The Morgan fingerprint density at radius 1 is 0.636 bits per heavy atom. The third-order valence-corrected chi connectivity index (χ3v) is 10.1. The minimum atomic E-state index is -0.186. The topological polar surface area (TPSA) is 118 Å². The molecule has 2 aromatic carbocycles. The molecule has 4 aromatic rings. The number of hydrogen-bond acceptors (Lipinski definition) is 12. The smallest absolute Gasteiger partial charge is 0.134 e. The number of nitrogens with zero attached hydrogens (tertiary/aromatic N) is 9. The van der Waals surface area contributed by atoms with Crippen LogP contribution in [0.1, 0.15) is 46.0 Å². The van der Waals surface area contributed by atoms with Gasteiger partial charge < -0.3 is 40.9 Å². The number of benzene rings is 2. The lowest BCUT2D eigenvalue weighted by atomic mass is 10.0. The maximum Gasteiger partial charge on any atom is 0.134 e. The van der Waals surface area contributed by atoms with Crippen molar-refractivity contribution in [1.29, 1.82) is 0 Å². The molecular weight excluding hydrogens is 699 g/mol. The first kappa shape index (κ1) is 41.3. The van der Waals surface area contributed by atoms with Crippen molar-refractivity contribution in [2.45, 2.75) is 52.0 Å². The number of hydrogen-bond donors (Lipinski definition) is 3. The van der Waals surface area contributed by atoms with Crippen LogP contribution in [-0.2, 0) is 0 Å². The monoisotopic (exact) mass is 759 g/mol. The van der Waals surface area contributed by atoms with E-state index in [0.717, 1.165) is 120 Å². The summed E-state index contributed by atoms with van der Waals surface area (Å²) in [5.74, 6) is 2.98. The van der Waals surface area contributed by atoms with Crippen molar-refractivity contribution in [3.8, 4) is 0 Å². The van der Waals surface area contributed by atoms with Crippen LogP contribution in [-0.4, -0.2) is 116 Å². The third-order valence-electron chi connectivity index (χ3n) is 10.1. The molecule has 298 valence electrons. The van der Waals surface area contributed by atoms with E-state index in [4.69, 9.17) is 5.73 Å². The molecule has 4 N–H and O–H groups in total. The number of nitrogens with two attached hydrogens (primary N) is 1. The number of piperazine rings is 2. The van der Waals surface area contributed by atoms with Crippen molar-refractivity contribution in [2.75, 3.05) is 116 Å². The van der Waals surface area contributed by atoms with Gasteiger partial charge in [-0.1, -0.05) is 26.0 Å². The van der Waals surface area contributed by atoms with Gasteiger partial charge in [0.25, 0.3) is 0 Å². The Bertz CT molecular complexity index is 1690. The average molecular weight is 759 g/mol. The van der Waals surface area contributed by atoms with E-state index in [1.165, 1.54) is 37.7 Å². The van der Waals surface area contributed by atoms with E-state index >= 15 is 0 Å². The van der Waals surface area contributed by atoms with Crippen LogP contribution in [0.25, 0.3) is 0 Å². The summed E-state index contributed by atoms with van der Waals surface area (Å²) in [5.41, 5.74) is 7.58. The molecule has 8 rings (SSSR count). The van der Waals surface area contributed by atoms with Crippen molar-refractivity contribution in [2.24, 2.45) is 0 Å². The molecule has 2 aromatic heterocycles. The lowest BCUT2D eigenvalue weighted by Crippen LogP contribution is -2.44. The van der Waals surface area contributed by atoms with Gasteiger partial charge in [-0.3, -0.25) is 0 Å². The number of nitrogen functional groups attached to an aromatic ring is 1. The Labute approximate surface area is 326 Å². The van der Waals surface area contributed by atoms with E-state index < -0.39 is 0 Å². The normalized spacial score (nSPS) is 18.8. The van der Waals surface area contributed by atoms with Gasteiger partial charge in [0.1, 0.15) is 47.6 Å². The summed E-state index contributed by atoms with van der Waals surface area (Å²) in [4.78, 5) is 28.2. The molecule has 4 fully saturated rings. The van der Waals surface area contributed by atoms with Crippen LogP contribution < -0.4 is 36.0 Å². The van der Waals surface area contributed by atoms with Gasteiger partial charge in [-0.15, -0.1) is 0 Å². The Morgan fingerprint density at radius 3 is 1.85 bits per heavy atom. The fourth-order valence-electron chi connectivity index (χ4n) is 7.10. The largest absolute Gasteiger partial charge is 0.384 e. The van der Waals surface area contributed by atoms with E-state index in [2.05, 4.69) is 62.1 Å². The predicted octanol–water partition coefficient (Wildman–Crippen LogP) is 5.76. The summed E-state index contributed by atoms with van der Waals surface area (Å²) in [7, 11) is 2.13. The van der Waals surface area contributed by atoms with Crippen LogP contribution in [0.4, 0.5) is 43.4 Å². The second-order valence-corrected chi connectivity index (χ2v) is 14.0. The highest BCUT2D eigenvalue weighted by Crippen LogP contribution is 2.24. The molecule has 1 atom stereocenters. The second kappa shape index (κ2) is 21.9. The van der Waals surface area contributed by atoms with Gasteiger partial charge in [-0.25, -0.2) is 28.7 Å². The Balaban J connectivity index is 0.000000169. The van der Waals surface area contributed by atoms with Crippen molar-refractivity contribution < 1.29 is 8.78 Å². The van der Waals surface area contributed by atoms with Gasteiger partial charge in [-0.2, -0.15) is 0 Å². The van der Waals surface area contributed by atoms with Crippen LogP contribution in [0.5, 0.6) is 0 Å². The lowest BCUT2D eigenvalue weighted by Gasteiger charge is -2.35. The van der Waals surface area contributed by atoms with Crippen LogP contribution in [0.15, 0.2) is 73.3 Å². The maximum atomic E-state index is 13.5. The molecule has 4 aliphatic heterocycles. The van der Waals surface area contributed by atoms with Gasteiger partial charge in [0, 0.05) is 108 Å². The van der Waals surface area contributed by atoms with E-state index in [0.29, 0.717) is 5.82 Å². The van der Waals surface area contributed by atoms with Crippen molar-refractivity contribution in [1.82, 2.24) is 30.2 Å². The number of aromatic nitrogens is 4. The summed E-state index contributed by atoms with van der Waals surface area (Å²) in [6.45, 7) is 16.0. The summed E-state index contributed by atoms with van der Waals surface area (Å²) < 4.78 is 26.4. The fraction of sp³-hybridized carbons (Fsp3) is 0.512. The van der Waals surface area contributed by atoms with Crippen LogP contribution in [0.3, 0.4) is 0 Å². The number of anilines is 6. The van der Waals surface area contributed by atoms with Crippen molar-refractivity contribution in [3.63, 3.8) is 0 Å².